The van der Waals surface area contributed by atoms with Gasteiger partial charge in [-0.05, 0) is 23.8 Å². The van der Waals surface area contributed by atoms with Crippen molar-refractivity contribution in [2.45, 2.75) is 6.61 Å². The van der Waals surface area contributed by atoms with Gasteiger partial charge in [-0.15, -0.1) is 10.2 Å². The summed E-state index contributed by atoms with van der Waals surface area (Å²) in [6, 6.07) is 7.77. The average molecular weight is 473 g/mol. The number of alkyl halides is 2. The fourth-order valence-electron chi connectivity index (χ4n) is 4.24. The largest absolute Gasteiger partial charge is 0.435 e. The molecule has 2 unspecified atom stereocenters. The van der Waals surface area contributed by atoms with Gasteiger partial charge in [0, 0.05) is 37.5 Å². The van der Waals surface area contributed by atoms with Crippen molar-refractivity contribution < 1.29 is 22.6 Å². The van der Waals surface area contributed by atoms with Crippen molar-refractivity contribution in [3.8, 4) is 16.9 Å². The lowest BCUT2D eigenvalue weighted by Gasteiger charge is -2.18. The predicted molar refractivity (Wildman–Crippen MR) is 119 cm³/mol. The van der Waals surface area contributed by atoms with Gasteiger partial charge in [0.1, 0.15) is 5.75 Å². The molecule has 3 aromatic rings. The normalized spacial score (nSPS) is 19.4. The first-order chi connectivity index (χ1) is 16.5. The fraction of sp³-hybridized carbons (Fsp3) is 0.364. The van der Waals surface area contributed by atoms with E-state index in [4.69, 9.17) is 4.74 Å². The Balaban J connectivity index is 1.38. The molecular formula is C22H22F3N7O2. The van der Waals surface area contributed by atoms with Crippen molar-refractivity contribution in [3.05, 3.63) is 42.3 Å². The lowest BCUT2D eigenvalue weighted by molar-refractivity contribution is -0.0498. The van der Waals surface area contributed by atoms with Gasteiger partial charge in [0.25, 0.3) is 0 Å². The summed E-state index contributed by atoms with van der Waals surface area (Å²) in [5.74, 6) is 1.43. The minimum absolute atomic E-state index is 0.0172. The number of rotatable bonds is 7. The summed E-state index contributed by atoms with van der Waals surface area (Å²) in [4.78, 5) is 10.6. The number of nitrogens with one attached hydrogen (secondary N) is 2. The van der Waals surface area contributed by atoms with Gasteiger partial charge in [-0.25, -0.2) is 9.37 Å². The predicted octanol–water partition coefficient (Wildman–Crippen LogP) is 3.54. The molecule has 2 fully saturated rings. The second-order valence-corrected chi connectivity index (χ2v) is 8.10. The molecule has 2 N–H and O–H groups in total. The average Bonchev–Trinajstić information content (AvgIpc) is 3.43. The van der Waals surface area contributed by atoms with Crippen LogP contribution in [0, 0.1) is 17.7 Å². The molecule has 2 saturated heterocycles. The van der Waals surface area contributed by atoms with E-state index in [-0.39, 0.29) is 17.4 Å². The molecule has 0 amide bonds. The van der Waals surface area contributed by atoms with Crippen LogP contribution in [0.25, 0.3) is 11.1 Å². The molecule has 1 aromatic carbocycles. The summed E-state index contributed by atoms with van der Waals surface area (Å²) in [6.07, 6.45) is 1.13. The molecule has 0 spiro atoms. The number of anilines is 4. The Morgan fingerprint density at radius 3 is 2.50 bits per heavy atom. The molecule has 2 aliphatic heterocycles. The third-order valence-electron chi connectivity index (χ3n) is 5.92. The maximum absolute atomic E-state index is 14.5. The number of ether oxygens (including phenoxy) is 2. The van der Waals surface area contributed by atoms with E-state index in [0.29, 0.717) is 34.7 Å². The molecule has 0 aliphatic carbocycles. The standard InChI is InChI=1S/C22H22F3N7O2/c1-26-19-16(12-2-4-15(5-3-12)34-21(24)25)6-18(30-31-19)28-20-17(23)7-27-22(29-20)32-8-13-10-33-11-14(13)9-32/h2-7,13-14,21H,8-11H2,1H3,(H,26,31)(H,27,28,29,30). The minimum Gasteiger partial charge on any atom is -0.435 e. The third kappa shape index (κ3) is 4.53. The molecule has 178 valence electrons. The van der Waals surface area contributed by atoms with E-state index in [1.165, 1.54) is 12.1 Å². The Labute approximate surface area is 193 Å². The Morgan fingerprint density at radius 2 is 1.82 bits per heavy atom. The first-order valence-corrected chi connectivity index (χ1v) is 10.7. The minimum atomic E-state index is -2.90. The van der Waals surface area contributed by atoms with E-state index in [1.807, 2.05) is 4.90 Å². The highest BCUT2D eigenvalue weighted by Gasteiger charge is 2.38. The van der Waals surface area contributed by atoms with Gasteiger partial charge in [0.15, 0.2) is 23.3 Å². The van der Waals surface area contributed by atoms with E-state index >= 15 is 0 Å². The zero-order valence-electron chi connectivity index (χ0n) is 18.2. The smallest absolute Gasteiger partial charge is 0.387 e. The van der Waals surface area contributed by atoms with Gasteiger partial charge < -0.3 is 25.0 Å². The lowest BCUT2D eigenvalue weighted by Crippen LogP contribution is -2.24. The number of aromatic nitrogens is 4. The van der Waals surface area contributed by atoms with Gasteiger partial charge in [0.2, 0.25) is 5.95 Å². The number of halogens is 3. The Kier molecular flexibility index (Phi) is 6.05. The number of hydrogen-bond donors (Lipinski definition) is 2. The van der Waals surface area contributed by atoms with Gasteiger partial charge in [0.05, 0.1) is 19.4 Å². The van der Waals surface area contributed by atoms with Crippen molar-refractivity contribution >= 4 is 23.4 Å². The van der Waals surface area contributed by atoms with Crippen LogP contribution < -0.4 is 20.3 Å². The first kappa shape index (κ1) is 22.1. The van der Waals surface area contributed by atoms with Gasteiger partial charge in [-0.3, -0.25) is 0 Å². The number of nitrogens with zero attached hydrogens (tertiary/aromatic N) is 5. The van der Waals surface area contributed by atoms with Crippen molar-refractivity contribution in [1.29, 1.82) is 0 Å². The summed E-state index contributed by atoms with van der Waals surface area (Å²) in [7, 11) is 1.68. The first-order valence-electron chi connectivity index (χ1n) is 10.7. The molecular weight excluding hydrogens is 451 g/mol. The lowest BCUT2D eigenvalue weighted by atomic mass is 10.0. The van der Waals surface area contributed by atoms with Crippen LogP contribution in [0.3, 0.4) is 0 Å². The third-order valence-corrected chi connectivity index (χ3v) is 5.92. The van der Waals surface area contributed by atoms with Crippen LogP contribution >= 0.6 is 0 Å². The molecule has 4 heterocycles. The van der Waals surface area contributed by atoms with Crippen LogP contribution in [-0.4, -0.2) is 60.1 Å². The van der Waals surface area contributed by atoms with Crippen LogP contribution in [0.4, 0.5) is 36.6 Å². The fourth-order valence-corrected chi connectivity index (χ4v) is 4.24. The van der Waals surface area contributed by atoms with E-state index in [2.05, 4.69) is 35.5 Å². The molecule has 12 heteroatoms. The van der Waals surface area contributed by atoms with Crippen molar-refractivity contribution in [2.24, 2.45) is 11.8 Å². The zero-order chi connectivity index (χ0) is 23.7. The summed E-state index contributed by atoms with van der Waals surface area (Å²) in [5.41, 5.74) is 1.31. The number of hydrogen-bond acceptors (Lipinski definition) is 9. The second-order valence-electron chi connectivity index (χ2n) is 8.10. The van der Waals surface area contributed by atoms with E-state index in [9.17, 15) is 13.2 Å². The maximum atomic E-state index is 14.5. The molecule has 9 nitrogen and oxygen atoms in total. The van der Waals surface area contributed by atoms with Crippen LogP contribution in [0.2, 0.25) is 0 Å². The summed E-state index contributed by atoms with van der Waals surface area (Å²) in [6.45, 7) is 0.0693. The molecule has 2 atom stereocenters. The van der Waals surface area contributed by atoms with Gasteiger partial charge in [-0.2, -0.15) is 13.8 Å². The Bertz CT molecular complexity index is 1150. The van der Waals surface area contributed by atoms with Crippen molar-refractivity contribution in [1.82, 2.24) is 20.2 Å². The molecule has 2 aliphatic rings. The van der Waals surface area contributed by atoms with Gasteiger partial charge >= 0.3 is 6.61 Å². The Morgan fingerprint density at radius 1 is 1.09 bits per heavy atom. The molecule has 5 rings (SSSR count). The summed E-state index contributed by atoms with van der Waals surface area (Å²) >= 11 is 0. The van der Waals surface area contributed by atoms with Crippen molar-refractivity contribution in [2.75, 3.05) is 48.9 Å². The highest BCUT2D eigenvalue weighted by Crippen LogP contribution is 2.33. The van der Waals surface area contributed by atoms with Crippen LogP contribution in [0.1, 0.15) is 0 Å². The zero-order valence-corrected chi connectivity index (χ0v) is 18.2. The van der Waals surface area contributed by atoms with Gasteiger partial charge in [-0.1, -0.05) is 12.1 Å². The Hall–Kier alpha value is -3.67. The molecule has 2 aromatic heterocycles. The van der Waals surface area contributed by atoms with Crippen LogP contribution in [0.5, 0.6) is 5.75 Å². The molecule has 0 saturated carbocycles. The quantitative estimate of drug-likeness (QED) is 0.534. The van der Waals surface area contributed by atoms with Crippen LogP contribution in [0.15, 0.2) is 36.5 Å². The van der Waals surface area contributed by atoms with Crippen LogP contribution in [-0.2, 0) is 4.74 Å². The second kappa shape index (κ2) is 9.29. The molecule has 0 radical (unpaired) electrons. The number of benzene rings is 1. The number of fused-ring (bicyclic) bond motifs is 1. The summed E-state index contributed by atoms with van der Waals surface area (Å²) < 4.78 is 49.3. The SMILES string of the molecule is CNc1nnc(Nc2nc(N3CC4COCC4C3)ncc2F)cc1-c1ccc(OC(F)F)cc1. The van der Waals surface area contributed by atoms with E-state index < -0.39 is 12.4 Å². The van der Waals surface area contributed by atoms with E-state index in [1.54, 1.807) is 25.2 Å². The molecule has 34 heavy (non-hydrogen) atoms. The summed E-state index contributed by atoms with van der Waals surface area (Å²) in [5, 5.41) is 14.1. The van der Waals surface area contributed by atoms with Crippen molar-refractivity contribution in [3.63, 3.8) is 0 Å². The highest BCUT2D eigenvalue weighted by molar-refractivity contribution is 5.78. The topological polar surface area (TPSA) is 97.3 Å². The van der Waals surface area contributed by atoms with E-state index in [0.717, 1.165) is 32.5 Å². The monoisotopic (exact) mass is 473 g/mol. The maximum Gasteiger partial charge on any atom is 0.387 e. The highest BCUT2D eigenvalue weighted by atomic mass is 19.3. The molecule has 0 bridgehead atoms.